The molecule has 0 aliphatic rings. The Hall–Kier alpha value is -1.52. The Morgan fingerprint density at radius 3 is 2.48 bits per heavy atom. The molecule has 0 saturated heterocycles. The molecule has 0 spiro atoms. The van der Waals surface area contributed by atoms with Gasteiger partial charge in [0.1, 0.15) is 4.90 Å². The van der Waals surface area contributed by atoms with Crippen molar-refractivity contribution < 1.29 is 18.1 Å². The fraction of sp³-hybridized carbons (Fsp3) is 0.364. The Morgan fingerprint density at radius 1 is 1.48 bits per heavy atom. The maximum atomic E-state index is 12.2. The quantitative estimate of drug-likeness (QED) is 0.612. The predicted molar refractivity (Wildman–Crippen MR) is 79.4 cm³/mol. The van der Waals surface area contributed by atoms with Gasteiger partial charge in [0.15, 0.2) is 0 Å². The highest BCUT2D eigenvalue weighted by Gasteiger charge is 2.26. The number of nitro benzene ring substituents is 1. The second-order valence-electron chi connectivity index (χ2n) is 4.33. The SMILES string of the molecule is CCCN(C)C(=O)c1cc([N+](=O)[O-])cc(S(N)(=O)=O)c1Br. The Bertz CT molecular complexity index is 689. The van der Waals surface area contributed by atoms with Gasteiger partial charge in [-0.2, -0.15) is 0 Å². The number of sulfonamides is 1. The molecule has 0 unspecified atom stereocenters. The van der Waals surface area contributed by atoms with Crippen molar-refractivity contribution in [3.63, 3.8) is 0 Å². The van der Waals surface area contributed by atoms with Crippen molar-refractivity contribution in [3.8, 4) is 0 Å². The molecule has 2 N–H and O–H groups in total. The second kappa shape index (κ2) is 6.50. The highest BCUT2D eigenvalue weighted by Crippen LogP contribution is 2.31. The van der Waals surface area contributed by atoms with Crippen LogP contribution in [0, 0.1) is 10.1 Å². The molecule has 1 aromatic rings. The van der Waals surface area contributed by atoms with Crippen LogP contribution in [0.3, 0.4) is 0 Å². The van der Waals surface area contributed by atoms with Gasteiger partial charge in [-0.1, -0.05) is 6.92 Å². The molecule has 0 heterocycles. The Kier molecular flexibility index (Phi) is 5.42. The van der Waals surface area contributed by atoms with Gasteiger partial charge in [0.2, 0.25) is 10.0 Å². The molecule has 21 heavy (non-hydrogen) atoms. The van der Waals surface area contributed by atoms with E-state index in [1.54, 1.807) is 0 Å². The molecule has 0 radical (unpaired) electrons. The van der Waals surface area contributed by atoms with Crippen molar-refractivity contribution in [1.29, 1.82) is 0 Å². The first-order chi connectivity index (χ1) is 9.59. The van der Waals surface area contributed by atoms with Crippen LogP contribution in [-0.2, 0) is 10.0 Å². The van der Waals surface area contributed by atoms with Crippen LogP contribution in [0.25, 0.3) is 0 Å². The van der Waals surface area contributed by atoms with Crippen molar-refractivity contribution in [2.24, 2.45) is 5.14 Å². The zero-order valence-electron chi connectivity index (χ0n) is 11.4. The highest BCUT2D eigenvalue weighted by molar-refractivity contribution is 9.10. The fourth-order valence-electron chi connectivity index (χ4n) is 1.69. The molecule has 1 amide bonds. The third-order valence-electron chi connectivity index (χ3n) is 2.68. The summed E-state index contributed by atoms with van der Waals surface area (Å²) in [6.07, 6.45) is 0.691. The molecule has 0 atom stereocenters. The van der Waals surface area contributed by atoms with Crippen molar-refractivity contribution in [2.45, 2.75) is 18.2 Å². The maximum Gasteiger partial charge on any atom is 0.271 e. The summed E-state index contributed by atoms with van der Waals surface area (Å²) in [7, 11) is -2.68. The molecule has 0 aromatic heterocycles. The van der Waals surface area contributed by atoms with E-state index in [4.69, 9.17) is 5.14 Å². The summed E-state index contributed by atoms with van der Waals surface area (Å²) >= 11 is 2.99. The van der Waals surface area contributed by atoms with Gasteiger partial charge in [-0.25, -0.2) is 13.6 Å². The van der Waals surface area contributed by atoms with Crippen LogP contribution in [0.1, 0.15) is 23.7 Å². The molecule has 1 rings (SSSR count). The number of carbonyl (C=O) groups excluding carboxylic acids is 1. The first kappa shape index (κ1) is 17.5. The van der Waals surface area contributed by atoms with Crippen LogP contribution in [0.4, 0.5) is 5.69 Å². The number of benzene rings is 1. The van der Waals surface area contributed by atoms with Crippen LogP contribution in [0.5, 0.6) is 0 Å². The summed E-state index contributed by atoms with van der Waals surface area (Å²) in [5, 5.41) is 15.9. The van der Waals surface area contributed by atoms with Gasteiger partial charge >= 0.3 is 0 Å². The normalized spacial score (nSPS) is 11.2. The number of nitrogens with zero attached hydrogens (tertiary/aromatic N) is 2. The molecule has 1 aromatic carbocycles. The van der Waals surface area contributed by atoms with Crippen LogP contribution in [0.15, 0.2) is 21.5 Å². The van der Waals surface area contributed by atoms with Crippen LogP contribution < -0.4 is 5.14 Å². The third-order valence-corrected chi connectivity index (χ3v) is 4.73. The summed E-state index contributed by atoms with van der Waals surface area (Å²) in [4.78, 5) is 23.2. The van der Waals surface area contributed by atoms with Gasteiger partial charge < -0.3 is 4.90 Å². The molecule has 0 fully saturated rings. The van der Waals surface area contributed by atoms with Crippen molar-refractivity contribution in [1.82, 2.24) is 4.90 Å². The number of nitro groups is 1. The standard InChI is InChI=1S/C11H14BrN3O5S/c1-3-4-14(2)11(16)8-5-7(15(17)18)6-9(10(8)12)21(13,19)20/h5-6H,3-4H2,1-2H3,(H2,13,19,20). The number of amides is 1. The smallest absolute Gasteiger partial charge is 0.271 e. The van der Waals surface area contributed by atoms with Gasteiger partial charge in [-0.05, 0) is 22.4 Å². The van der Waals surface area contributed by atoms with Gasteiger partial charge in [0.25, 0.3) is 11.6 Å². The minimum atomic E-state index is -4.21. The summed E-state index contributed by atoms with van der Waals surface area (Å²) < 4.78 is 22.9. The topological polar surface area (TPSA) is 124 Å². The minimum absolute atomic E-state index is 0.0800. The summed E-state index contributed by atoms with van der Waals surface area (Å²) in [6, 6.07) is 1.84. The maximum absolute atomic E-state index is 12.2. The number of hydrogen-bond donors (Lipinski definition) is 1. The van der Waals surface area contributed by atoms with E-state index in [2.05, 4.69) is 15.9 Å². The van der Waals surface area contributed by atoms with Gasteiger partial charge in [-0.3, -0.25) is 14.9 Å². The molecule has 10 heteroatoms. The van der Waals surface area contributed by atoms with E-state index in [1.807, 2.05) is 6.92 Å². The lowest BCUT2D eigenvalue weighted by atomic mass is 10.1. The predicted octanol–water partition coefficient (Wildman–Crippen LogP) is 1.49. The number of hydrogen-bond acceptors (Lipinski definition) is 5. The van der Waals surface area contributed by atoms with E-state index in [1.165, 1.54) is 11.9 Å². The zero-order valence-corrected chi connectivity index (χ0v) is 13.8. The monoisotopic (exact) mass is 379 g/mol. The molecular weight excluding hydrogens is 366 g/mol. The van der Waals surface area contributed by atoms with Crippen LogP contribution in [0.2, 0.25) is 0 Å². The Morgan fingerprint density at radius 2 is 2.05 bits per heavy atom. The van der Waals surface area contributed by atoms with Gasteiger partial charge in [0, 0.05) is 25.7 Å². The number of rotatable bonds is 5. The van der Waals surface area contributed by atoms with Crippen molar-refractivity contribution >= 4 is 37.5 Å². The first-order valence-corrected chi connectivity index (χ1v) is 8.19. The van der Waals surface area contributed by atoms with E-state index < -0.39 is 31.4 Å². The Labute approximate surface area is 130 Å². The lowest BCUT2D eigenvalue weighted by molar-refractivity contribution is -0.385. The average Bonchev–Trinajstić information content (AvgIpc) is 2.36. The molecular formula is C11H14BrN3O5S. The molecule has 0 bridgehead atoms. The van der Waals surface area contributed by atoms with Crippen molar-refractivity contribution in [3.05, 3.63) is 32.3 Å². The number of non-ortho nitro benzene ring substituents is 1. The lowest BCUT2D eigenvalue weighted by Crippen LogP contribution is -2.28. The molecule has 116 valence electrons. The summed E-state index contributed by atoms with van der Waals surface area (Å²) in [6.45, 7) is 2.29. The van der Waals surface area contributed by atoms with E-state index in [-0.39, 0.29) is 10.0 Å². The van der Waals surface area contributed by atoms with E-state index in [9.17, 15) is 23.3 Å². The van der Waals surface area contributed by atoms with E-state index in [0.717, 1.165) is 12.1 Å². The van der Waals surface area contributed by atoms with E-state index in [0.29, 0.717) is 13.0 Å². The van der Waals surface area contributed by atoms with Crippen LogP contribution >= 0.6 is 15.9 Å². The zero-order chi connectivity index (χ0) is 16.4. The molecule has 0 aliphatic carbocycles. The number of primary sulfonamides is 1. The van der Waals surface area contributed by atoms with Crippen molar-refractivity contribution in [2.75, 3.05) is 13.6 Å². The summed E-state index contributed by atoms with van der Waals surface area (Å²) in [5.41, 5.74) is -0.639. The van der Waals surface area contributed by atoms with E-state index >= 15 is 0 Å². The second-order valence-corrected chi connectivity index (χ2v) is 6.66. The number of nitrogens with two attached hydrogens (primary N) is 1. The largest absolute Gasteiger partial charge is 0.342 e. The lowest BCUT2D eigenvalue weighted by Gasteiger charge is -2.17. The average molecular weight is 380 g/mol. The molecule has 8 nitrogen and oxygen atoms in total. The third kappa shape index (κ3) is 3.99. The first-order valence-electron chi connectivity index (χ1n) is 5.85. The number of carbonyl (C=O) groups is 1. The van der Waals surface area contributed by atoms with Crippen LogP contribution in [-0.4, -0.2) is 37.7 Å². The summed E-state index contributed by atoms with van der Waals surface area (Å²) in [5.74, 6) is -0.530. The van der Waals surface area contributed by atoms with Gasteiger partial charge in [-0.15, -0.1) is 0 Å². The molecule has 0 aliphatic heterocycles. The molecule has 0 saturated carbocycles. The fourth-order valence-corrected chi connectivity index (χ4v) is 3.41. The number of halogens is 1. The van der Waals surface area contributed by atoms with Gasteiger partial charge in [0.05, 0.1) is 15.0 Å². The highest BCUT2D eigenvalue weighted by atomic mass is 79.9. The Balaban J connectivity index is 3.55. The minimum Gasteiger partial charge on any atom is -0.342 e.